The van der Waals surface area contributed by atoms with Crippen LogP contribution in [0.25, 0.3) is 0 Å². The van der Waals surface area contributed by atoms with E-state index in [4.69, 9.17) is 28.6 Å². The van der Waals surface area contributed by atoms with Gasteiger partial charge in [0.1, 0.15) is 5.75 Å². The van der Waals surface area contributed by atoms with Crippen LogP contribution in [0.2, 0.25) is 5.02 Å². The van der Waals surface area contributed by atoms with E-state index >= 15 is 0 Å². The number of piperazine rings is 1. The first-order valence-electron chi connectivity index (χ1n) is 8.96. The molecule has 2 N–H and O–H groups in total. The summed E-state index contributed by atoms with van der Waals surface area (Å²) < 4.78 is 5.21. The van der Waals surface area contributed by atoms with Crippen LogP contribution in [0.4, 0.5) is 11.4 Å². The molecule has 1 amide bonds. The molecule has 2 aromatic carbocycles. The fourth-order valence-corrected chi connectivity index (χ4v) is 3.56. The Morgan fingerprint density at radius 2 is 1.86 bits per heavy atom. The summed E-state index contributed by atoms with van der Waals surface area (Å²) in [6.07, 6.45) is 0. The van der Waals surface area contributed by atoms with Crippen LogP contribution in [-0.2, 0) is 0 Å². The Morgan fingerprint density at radius 3 is 2.54 bits per heavy atom. The van der Waals surface area contributed by atoms with Gasteiger partial charge in [-0.3, -0.25) is 10.1 Å². The summed E-state index contributed by atoms with van der Waals surface area (Å²) in [6, 6.07) is 12.7. The van der Waals surface area contributed by atoms with Crippen LogP contribution in [0.3, 0.4) is 0 Å². The number of carbonyl (C=O) groups is 1. The van der Waals surface area contributed by atoms with Crippen molar-refractivity contribution in [1.82, 2.24) is 10.2 Å². The van der Waals surface area contributed by atoms with Gasteiger partial charge >= 0.3 is 0 Å². The van der Waals surface area contributed by atoms with E-state index in [0.29, 0.717) is 22.0 Å². The maximum absolute atomic E-state index is 12.4. The molecular weight excluding hydrogens is 396 g/mol. The van der Waals surface area contributed by atoms with Gasteiger partial charge in [0.15, 0.2) is 5.11 Å². The Hall–Kier alpha value is -2.35. The van der Waals surface area contributed by atoms with E-state index in [1.165, 1.54) is 7.11 Å². The number of nitrogens with one attached hydrogen (secondary N) is 2. The van der Waals surface area contributed by atoms with E-state index in [2.05, 4.69) is 27.5 Å². The molecule has 0 unspecified atom stereocenters. The van der Waals surface area contributed by atoms with Crippen molar-refractivity contribution in [3.05, 3.63) is 53.1 Å². The fraction of sp³-hybridized carbons (Fsp3) is 0.300. The molecule has 0 saturated carbocycles. The number of hydrogen-bond donors (Lipinski definition) is 2. The number of anilines is 2. The third-order valence-corrected chi connectivity index (χ3v) is 5.14. The molecule has 1 aliphatic heterocycles. The number of benzene rings is 2. The zero-order chi connectivity index (χ0) is 20.1. The standard InChI is InChI=1S/C20H23ClN4O2S/c1-24-9-11-25(12-10-24)17-8-7-14(13-16(17)21)22-20(28)23-19(26)15-5-3-4-6-18(15)27-2/h3-8,13H,9-12H2,1-2H3,(H2,22,23,26,28). The first-order valence-corrected chi connectivity index (χ1v) is 9.75. The molecular formula is C20H23ClN4O2S. The number of methoxy groups -OCH3 is 1. The SMILES string of the molecule is COc1ccccc1C(=O)NC(=S)Nc1ccc(N2CCN(C)CC2)c(Cl)c1. The van der Waals surface area contributed by atoms with Gasteiger partial charge in [-0.15, -0.1) is 0 Å². The van der Waals surface area contributed by atoms with E-state index in [1.807, 2.05) is 18.2 Å². The van der Waals surface area contributed by atoms with Gasteiger partial charge in [-0.2, -0.15) is 0 Å². The molecule has 1 fully saturated rings. The van der Waals surface area contributed by atoms with Gasteiger partial charge in [0, 0.05) is 31.9 Å². The van der Waals surface area contributed by atoms with Crippen LogP contribution in [0.5, 0.6) is 5.75 Å². The highest BCUT2D eigenvalue weighted by Crippen LogP contribution is 2.29. The molecule has 0 bridgehead atoms. The van der Waals surface area contributed by atoms with Crippen molar-refractivity contribution >= 4 is 46.2 Å². The van der Waals surface area contributed by atoms with E-state index in [-0.39, 0.29) is 11.0 Å². The lowest BCUT2D eigenvalue weighted by atomic mass is 10.2. The average molecular weight is 419 g/mol. The number of carbonyl (C=O) groups excluding carboxylic acids is 1. The third kappa shape index (κ3) is 4.92. The van der Waals surface area contributed by atoms with Crippen molar-refractivity contribution in [2.75, 3.05) is 50.6 Å². The lowest BCUT2D eigenvalue weighted by molar-refractivity contribution is 0.0975. The summed E-state index contributed by atoms with van der Waals surface area (Å²) in [6.45, 7) is 3.90. The number of thiocarbonyl (C=S) groups is 1. The predicted octanol–water partition coefficient (Wildman–Crippen LogP) is 3.23. The molecule has 0 spiro atoms. The second-order valence-electron chi connectivity index (χ2n) is 6.57. The molecule has 3 rings (SSSR count). The summed E-state index contributed by atoms with van der Waals surface area (Å²) >= 11 is 11.7. The summed E-state index contributed by atoms with van der Waals surface area (Å²) in [4.78, 5) is 17.0. The zero-order valence-corrected chi connectivity index (χ0v) is 17.4. The van der Waals surface area contributed by atoms with Crippen LogP contribution >= 0.6 is 23.8 Å². The molecule has 0 aliphatic carbocycles. The first kappa shape index (κ1) is 20.4. The summed E-state index contributed by atoms with van der Waals surface area (Å²) in [5.41, 5.74) is 2.13. The van der Waals surface area contributed by atoms with E-state index in [9.17, 15) is 4.79 Å². The molecule has 28 heavy (non-hydrogen) atoms. The molecule has 0 aromatic heterocycles. The maximum atomic E-state index is 12.4. The molecule has 2 aromatic rings. The van der Waals surface area contributed by atoms with E-state index in [0.717, 1.165) is 31.9 Å². The van der Waals surface area contributed by atoms with Crippen molar-refractivity contribution in [2.24, 2.45) is 0 Å². The van der Waals surface area contributed by atoms with Crippen molar-refractivity contribution in [3.63, 3.8) is 0 Å². The number of nitrogens with zero attached hydrogens (tertiary/aromatic N) is 2. The number of amides is 1. The van der Waals surface area contributed by atoms with Crippen LogP contribution < -0.4 is 20.3 Å². The highest BCUT2D eigenvalue weighted by atomic mass is 35.5. The van der Waals surface area contributed by atoms with E-state index in [1.54, 1.807) is 24.3 Å². The summed E-state index contributed by atoms with van der Waals surface area (Å²) in [7, 11) is 3.64. The molecule has 148 valence electrons. The second kappa shape index (κ2) is 9.23. The lowest BCUT2D eigenvalue weighted by Crippen LogP contribution is -2.44. The molecule has 1 heterocycles. The zero-order valence-electron chi connectivity index (χ0n) is 15.9. The van der Waals surface area contributed by atoms with Crippen molar-refractivity contribution in [2.45, 2.75) is 0 Å². The predicted molar refractivity (Wildman–Crippen MR) is 118 cm³/mol. The molecule has 0 atom stereocenters. The number of likely N-dealkylation sites (N-methyl/N-ethyl adjacent to an activating group) is 1. The number of para-hydroxylation sites is 1. The van der Waals surface area contributed by atoms with Crippen LogP contribution in [-0.4, -0.2) is 56.3 Å². The smallest absolute Gasteiger partial charge is 0.261 e. The fourth-order valence-electron chi connectivity index (χ4n) is 3.05. The number of ether oxygens (including phenoxy) is 1. The topological polar surface area (TPSA) is 56.8 Å². The van der Waals surface area contributed by atoms with Crippen molar-refractivity contribution in [1.29, 1.82) is 0 Å². The molecule has 1 saturated heterocycles. The Morgan fingerprint density at radius 1 is 1.14 bits per heavy atom. The van der Waals surface area contributed by atoms with Gasteiger partial charge < -0.3 is 19.9 Å². The Balaban J connectivity index is 1.62. The second-order valence-corrected chi connectivity index (χ2v) is 7.38. The van der Waals surface area contributed by atoms with Gasteiger partial charge in [0.05, 0.1) is 23.4 Å². The average Bonchev–Trinajstić information content (AvgIpc) is 2.69. The van der Waals surface area contributed by atoms with Gasteiger partial charge in [0.25, 0.3) is 5.91 Å². The van der Waals surface area contributed by atoms with Gasteiger partial charge in [-0.25, -0.2) is 0 Å². The third-order valence-electron chi connectivity index (χ3n) is 4.63. The quantitative estimate of drug-likeness (QED) is 0.743. The highest BCUT2D eigenvalue weighted by Gasteiger charge is 2.17. The molecule has 6 nitrogen and oxygen atoms in total. The summed E-state index contributed by atoms with van der Waals surface area (Å²) in [5.74, 6) is 0.150. The monoisotopic (exact) mass is 418 g/mol. The minimum atomic E-state index is -0.338. The number of halogens is 1. The van der Waals surface area contributed by atoms with Crippen LogP contribution in [0, 0.1) is 0 Å². The van der Waals surface area contributed by atoms with Crippen LogP contribution in [0.1, 0.15) is 10.4 Å². The van der Waals surface area contributed by atoms with Crippen LogP contribution in [0.15, 0.2) is 42.5 Å². The normalized spacial score (nSPS) is 14.5. The number of rotatable bonds is 4. The molecule has 8 heteroatoms. The maximum Gasteiger partial charge on any atom is 0.261 e. The van der Waals surface area contributed by atoms with Gasteiger partial charge in [-0.1, -0.05) is 23.7 Å². The van der Waals surface area contributed by atoms with Crippen molar-refractivity contribution in [3.8, 4) is 5.75 Å². The highest BCUT2D eigenvalue weighted by molar-refractivity contribution is 7.80. The van der Waals surface area contributed by atoms with Gasteiger partial charge in [-0.05, 0) is 49.6 Å². The largest absolute Gasteiger partial charge is 0.496 e. The molecule has 1 aliphatic rings. The Labute approximate surface area is 175 Å². The minimum Gasteiger partial charge on any atom is -0.496 e. The van der Waals surface area contributed by atoms with Gasteiger partial charge in [0.2, 0.25) is 0 Å². The Bertz CT molecular complexity index is 869. The lowest BCUT2D eigenvalue weighted by Gasteiger charge is -2.34. The Kier molecular flexibility index (Phi) is 6.72. The number of hydrogen-bond acceptors (Lipinski definition) is 5. The van der Waals surface area contributed by atoms with Crippen molar-refractivity contribution < 1.29 is 9.53 Å². The summed E-state index contributed by atoms with van der Waals surface area (Å²) in [5, 5.41) is 6.51. The van der Waals surface area contributed by atoms with E-state index < -0.39 is 0 Å². The molecule has 0 radical (unpaired) electrons. The first-order chi connectivity index (χ1) is 13.5. The minimum absolute atomic E-state index is 0.194.